The first-order valence-corrected chi connectivity index (χ1v) is 4.43. The van der Waals surface area contributed by atoms with Crippen LogP contribution in [0.5, 0.6) is 5.75 Å². The van der Waals surface area contributed by atoms with Crippen LogP contribution in [0.4, 0.5) is 0 Å². The third-order valence-electron chi connectivity index (χ3n) is 2.17. The molecule has 0 aliphatic heterocycles. The van der Waals surface area contributed by atoms with Crippen molar-refractivity contribution in [2.24, 2.45) is 0 Å². The van der Waals surface area contributed by atoms with Gasteiger partial charge in [-0.2, -0.15) is 5.10 Å². The number of aromatic amines is 1. The van der Waals surface area contributed by atoms with Gasteiger partial charge in [0.1, 0.15) is 5.75 Å². The lowest BCUT2D eigenvalue weighted by Crippen LogP contribution is -2.00. The molecule has 15 heavy (non-hydrogen) atoms. The summed E-state index contributed by atoms with van der Waals surface area (Å²) in [6.45, 7) is 0. The van der Waals surface area contributed by atoms with Gasteiger partial charge in [0.05, 0.1) is 24.7 Å². The van der Waals surface area contributed by atoms with Gasteiger partial charge in [-0.25, -0.2) is 0 Å². The van der Waals surface area contributed by atoms with E-state index in [0.717, 1.165) is 5.39 Å². The Labute approximate surface area is 85.7 Å². The van der Waals surface area contributed by atoms with E-state index < -0.39 is 5.97 Å². The van der Waals surface area contributed by atoms with Crippen LogP contribution in [-0.2, 0) is 11.2 Å². The quantitative estimate of drug-likeness (QED) is 0.791. The van der Waals surface area contributed by atoms with Gasteiger partial charge in [-0.3, -0.25) is 9.89 Å². The Morgan fingerprint density at radius 1 is 1.60 bits per heavy atom. The number of rotatable bonds is 3. The summed E-state index contributed by atoms with van der Waals surface area (Å²) in [7, 11) is 1.58. The molecule has 1 heterocycles. The van der Waals surface area contributed by atoms with Gasteiger partial charge >= 0.3 is 5.97 Å². The Morgan fingerprint density at radius 2 is 2.40 bits per heavy atom. The lowest BCUT2D eigenvalue weighted by atomic mass is 10.1. The van der Waals surface area contributed by atoms with Gasteiger partial charge in [-0.15, -0.1) is 0 Å². The van der Waals surface area contributed by atoms with E-state index in [2.05, 4.69) is 10.2 Å². The van der Waals surface area contributed by atoms with Gasteiger partial charge in [-0.05, 0) is 12.1 Å². The number of nitrogens with zero attached hydrogens (tertiary/aromatic N) is 1. The molecule has 0 fully saturated rings. The van der Waals surface area contributed by atoms with Crippen LogP contribution >= 0.6 is 0 Å². The van der Waals surface area contributed by atoms with Crippen LogP contribution in [0.1, 0.15) is 5.69 Å². The van der Waals surface area contributed by atoms with Crippen LogP contribution in [0.2, 0.25) is 0 Å². The number of aromatic nitrogens is 2. The second kappa shape index (κ2) is 3.61. The largest absolute Gasteiger partial charge is 0.497 e. The molecule has 0 radical (unpaired) electrons. The van der Waals surface area contributed by atoms with Crippen molar-refractivity contribution in [3.8, 4) is 5.75 Å². The van der Waals surface area contributed by atoms with E-state index in [1.54, 1.807) is 25.3 Å². The van der Waals surface area contributed by atoms with Crippen molar-refractivity contribution in [2.45, 2.75) is 6.42 Å². The Morgan fingerprint density at radius 3 is 3.07 bits per heavy atom. The minimum absolute atomic E-state index is 0.0527. The molecular formula is C10H10N2O3. The minimum Gasteiger partial charge on any atom is -0.497 e. The van der Waals surface area contributed by atoms with Gasteiger partial charge in [-0.1, -0.05) is 0 Å². The molecule has 0 amide bonds. The van der Waals surface area contributed by atoms with E-state index in [4.69, 9.17) is 9.84 Å². The van der Waals surface area contributed by atoms with Gasteiger partial charge < -0.3 is 9.84 Å². The molecule has 2 rings (SSSR count). The molecule has 1 aromatic heterocycles. The maximum absolute atomic E-state index is 10.6. The zero-order chi connectivity index (χ0) is 10.8. The summed E-state index contributed by atoms with van der Waals surface area (Å²) in [6.07, 6.45) is -0.0527. The minimum atomic E-state index is -0.878. The van der Waals surface area contributed by atoms with E-state index in [9.17, 15) is 4.79 Å². The summed E-state index contributed by atoms with van der Waals surface area (Å²) in [5.41, 5.74) is 1.32. The van der Waals surface area contributed by atoms with Crippen LogP contribution in [-0.4, -0.2) is 28.4 Å². The number of fused-ring (bicyclic) bond motifs is 1. The highest BCUT2D eigenvalue weighted by Gasteiger charge is 2.09. The lowest BCUT2D eigenvalue weighted by molar-refractivity contribution is -0.136. The van der Waals surface area contributed by atoms with Crippen molar-refractivity contribution >= 4 is 16.9 Å². The number of hydrogen-bond donors (Lipinski definition) is 2. The average molecular weight is 206 g/mol. The zero-order valence-corrected chi connectivity index (χ0v) is 8.15. The number of H-pyrrole nitrogens is 1. The molecule has 0 spiro atoms. The highest BCUT2D eigenvalue weighted by atomic mass is 16.5. The molecule has 0 atom stereocenters. The molecule has 0 unspecified atom stereocenters. The second-order valence-electron chi connectivity index (χ2n) is 3.16. The van der Waals surface area contributed by atoms with Crippen molar-refractivity contribution in [3.05, 3.63) is 23.9 Å². The van der Waals surface area contributed by atoms with Gasteiger partial charge in [0.15, 0.2) is 0 Å². The topological polar surface area (TPSA) is 75.2 Å². The number of methoxy groups -OCH3 is 1. The number of benzene rings is 1. The fraction of sp³-hybridized carbons (Fsp3) is 0.200. The molecule has 5 nitrogen and oxygen atoms in total. The fourth-order valence-electron chi connectivity index (χ4n) is 1.46. The van der Waals surface area contributed by atoms with Crippen LogP contribution in [0.15, 0.2) is 18.2 Å². The highest BCUT2D eigenvalue weighted by molar-refractivity contribution is 5.86. The van der Waals surface area contributed by atoms with Crippen molar-refractivity contribution in [1.29, 1.82) is 0 Å². The van der Waals surface area contributed by atoms with E-state index >= 15 is 0 Å². The van der Waals surface area contributed by atoms with Crippen molar-refractivity contribution < 1.29 is 14.6 Å². The Kier molecular flexibility index (Phi) is 2.29. The summed E-state index contributed by atoms with van der Waals surface area (Å²) in [4.78, 5) is 10.6. The number of ether oxygens (including phenoxy) is 1. The van der Waals surface area contributed by atoms with E-state index in [1.165, 1.54) is 0 Å². The Hall–Kier alpha value is -2.04. The smallest absolute Gasteiger partial charge is 0.309 e. The number of aliphatic carboxylic acids is 1. The molecule has 0 aliphatic carbocycles. The van der Waals surface area contributed by atoms with E-state index in [0.29, 0.717) is 17.0 Å². The molecule has 5 heteroatoms. The summed E-state index contributed by atoms with van der Waals surface area (Å²) in [5, 5.41) is 16.2. The molecule has 0 saturated carbocycles. The first kappa shape index (κ1) is 9.51. The summed E-state index contributed by atoms with van der Waals surface area (Å²) in [5.74, 6) is -0.174. The fourth-order valence-corrected chi connectivity index (χ4v) is 1.46. The third-order valence-corrected chi connectivity index (χ3v) is 2.17. The molecule has 2 aromatic rings. The Balaban J connectivity index is 2.47. The van der Waals surface area contributed by atoms with Crippen molar-refractivity contribution in [2.75, 3.05) is 7.11 Å². The van der Waals surface area contributed by atoms with Crippen molar-refractivity contribution in [3.63, 3.8) is 0 Å². The molecular weight excluding hydrogens is 196 g/mol. The normalized spacial score (nSPS) is 10.5. The second-order valence-corrected chi connectivity index (χ2v) is 3.16. The first-order chi connectivity index (χ1) is 7.20. The zero-order valence-electron chi connectivity index (χ0n) is 8.15. The Bertz CT molecular complexity index is 504. The predicted molar refractivity (Wildman–Crippen MR) is 54.0 cm³/mol. The highest BCUT2D eigenvalue weighted by Crippen LogP contribution is 2.21. The maximum Gasteiger partial charge on any atom is 0.309 e. The maximum atomic E-state index is 10.6. The van der Waals surface area contributed by atoms with Crippen LogP contribution in [0, 0.1) is 0 Å². The van der Waals surface area contributed by atoms with Crippen LogP contribution < -0.4 is 4.74 Å². The molecule has 2 N–H and O–H groups in total. The third kappa shape index (κ3) is 1.76. The predicted octanol–water partition coefficient (Wildman–Crippen LogP) is 1.20. The SMILES string of the molecule is COc1ccc2c(CC(=O)O)[nH]nc2c1. The number of carboxylic acids is 1. The lowest BCUT2D eigenvalue weighted by Gasteiger charge is -1.98. The molecule has 0 aliphatic rings. The number of carboxylic acid groups (broad SMARTS) is 1. The van der Waals surface area contributed by atoms with Gasteiger partial charge in [0, 0.05) is 11.5 Å². The summed E-state index contributed by atoms with van der Waals surface area (Å²) >= 11 is 0. The number of carbonyl (C=O) groups is 1. The van der Waals surface area contributed by atoms with E-state index in [-0.39, 0.29) is 6.42 Å². The number of nitrogens with one attached hydrogen (secondary N) is 1. The molecule has 0 bridgehead atoms. The average Bonchev–Trinajstić information content (AvgIpc) is 2.60. The monoisotopic (exact) mass is 206 g/mol. The van der Waals surface area contributed by atoms with Crippen LogP contribution in [0.3, 0.4) is 0 Å². The molecule has 0 saturated heterocycles. The first-order valence-electron chi connectivity index (χ1n) is 4.43. The summed E-state index contributed by atoms with van der Waals surface area (Å²) < 4.78 is 5.04. The van der Waals surface area contributed by atoms with E-state index in [1.807, 2.05) is 0 Å². The summed E-state index contributed by atoms with van der Waals surface area (Å²) in [6, 6.07) is 5.34. The van der Waals surface area contributed by atoms with Gasteiger partial charge in [0.25, 0.3) is 0 Å². The standard InChI is InChI=1S/C10H10N2O3/c1-15-6-2-3-7-8(4-6)11-12-9(7)5-10(13)14/h2-4H,5H2,1H3,(H,11,12)(H,13,14). The van der Waals surface area contributed by atoms with Gasteiger partial charge in [0.2, 0.25) is 0 Å². The molecule has 78 valence electrons. The molecule has 1 aromatic carbocycles. The van der Waals surface area contributed by atoms with Crippen molar-refractivity contribution in [1.82, 2.24) is 10.2 Å². The number of hydrogen-bond acceptors (Lipinski definition) is 3. The van der Waals surface area contributed by atoms with Crippen LogP contribution in [0.25, 0.3) is 10.9 Å².